The zero-order chi connectivity index (χ0) is 36.8. The SMILES string of the molecule is COc1ccc(SCCc2ccc(Cc3cc(OC)ccc3Sc3ccc(OC)cc3Cc3ccc(CCSc4ccc(OC)cc4)cc3)cc2)cc1. The quantitative estimate of drug-likeness (QED) is 0.0808. The number of hydrogen-bond donors (Lipinski definition) is 0. The molecule has 0 aliphatic carbocycles. The minimum absolute atomic E-state index is 0.824. The second-order valence-electron chi connectivity index (χ2n) is 12.6. The van der Waals surface area contributed by atoms with Crippen LogP contribution in [0.4, 0.5) is 0 Å². The van der Waals surface area contributed by atoms with Crippen molar-refractivity contribution < 1.29 is 18.9 Å². The van der Waals surface area contributed by atoms with Crippen molar-refractivity contribution in [3.63, 3.8) is 0 Å². The van der Waals surface area contributed by atoms with Crippen molar-refractivity contribution in [3.05, 3.63) is 167 Å². The number of thioether (sulfide) groups is 2. The van der Waals surface area contributed by atoms with Crippen molar-refractivity contribution in [2.75, 3.05) is 39.9 Å². The molecule has 7 heteroatoms. The third kappa shape index (κ3) is 11.3. The predicted octanol–water partition coefficient (Wildman–Crippen LogP) is 11.7. The number of methoxy groups -OCH3 is 4. The molecule has 0 aliphatic heterocycles. The van der Waals surface area contributed by atoms with Gasteiger partial charge >= 0.3 is 0 Å². The summed E-state index contributed by atoms with van der Waals surface area (Å²) >= 11 is 5.56. The lowest BCUT2D eigenvalue weighted by Gasteiger charge is -2.15. The third-order valence-corrected chi connectivity index (χ3v) is 12.3. The maximum atomic E-state index is 5.67. The van der Waals surface area contributed by atoms with E-state index in [1.165, 1.54) is 53.0 Å². The summed E-state index contributed by atoms with van der Waals surface area (Å²) < 4.78 is 21.9. The maximum Gasteiger partial charge on any atom is 0.119 e. The average Bonchev–Trinajstić information content (AvgIpc) is 3.21. The fourth-order valence-electron chi connectivity index (χ4n) is 5.96. The average molecular weight is 759 g/mol. The van der Waals surface area contributed by atoms with Crippen LogP contribution in [-0.4, -0.2) is 39.9 Å². The number of hydrogen-bond acceptors (Lipinski definition) is 7. The highest BCUT2D eigenvalue weighted by Gasteiger charge is 2.13. The normalized spacial score (nSPS) is 10.9. The van der Waals surface area contributed by atoms with Gasteiger partial charge in [0.25, 0.3) is 0 Å². The van der Waals surface area contributed by atoms with Crippen LogP contribution in [0.2, 0.25) is 0 Å². The molecule has 6 rings (SSSR count). The zero-order valence-electron chi connectivity index (χ0n) is 30.8. The molecule has 6 aromatic rings. The van der Waals surface area contributed by atoms with Crippen molar-refractivity contribution in [3.8, 4) is 23.0 Å². The summed E-state index contributed by atoms with van der Waals surface area (Å²) in [6.45, 7) is 0. The first kappa shape index (κ1) is 38.3. The van der Waals surface area contributed by atoms with Gasteiger partial charge in [-0.25, -0.2) is 0 Å². The second kappa shape index (κ2) is 19.6. The zero-order valence-corrected chi connectivity index (χ0v) is 33.3. The highest BCUT2D eigenvalue weighted by atomic mass is 32.2. The minimum Gasteiger partial charge on any atom is -0.497 e. The van der Waals surface area contributed by atoms with Crippen molar-refractivity contribution in [2.45, 2.75) is 45.3 Å². The van der Waals surface area contributed by atoms with Crippen LogP contribution in [-0.2, 0) is 25.7 Å². The predicted molar refractivity (Wildman–Crippen MR) is 223 cm³/mol. The Kier molecular flexibility index (Phi) is 14.2. The highest BCUT2D eigenvalue weighted by molar-refractivity contribution is 7.99. The van der Waals surface area contributed by atoms with Crippen molar-refractivity contribution in [2.24, 2.45) is 0 Å². The van der Waals surface area contributed by atoms with Gasteiger partial charge in [-0.05, 0) is 144 Å². The van der Waals surface area contributed by atoms with Crippen LogP contribution in [0, 0.1) is 0 Å². The summed E-state index contributed by atoms with van der Waals surface area (Å²) in [6.07, 6.45) is 3.68. The molecule has 0 saturated carbocycles. The standard InChI is InChI=1S/C46H46O4S3/c1-47-39-13-19-43(20-14-39)51-27-25-33-5-9-35(10-6-33)29-37-31-41(49-3)17-23-45(37)53-46-24-18-42(50-4)32-38(46)30-36-11-7-34(8-12-36)26-28-52-44-21-15-40(48-2)16-22-44/h5-24,31-32H,25-30H2,1-4H3. The molecule has 0 saturated heterocycles. The van der Waals surface area contributed by atoms with Gasteiger partial charge in [0.15, 0.2) is 0 Å². The summed E-state index contributed by atoms with van der Waals surface area (Å²) in [6, 6.07) is 47.5. The molecule has 0 amide bonds. The monoisotopic (exact) mass is 758 g/mol. The first-order chi connectivity index (χ1) is 26.0. The Morgan fingerprint density at radius 3 is 1.08 bits per heavy atom. The molecular weight excluding hydrogens is 713 g/mol. The van der Waals surface area contributed by atoms with Crippen molar-refractivity contribution in [1.29, 1.82) is 0 Å². The summed E-state index contributed by atoms with van der Waals surface area (Å²) in [5.41, 5.74) is 7.75. The lowest BCUT2D eigenvalue weighted by molar-refractivity contribution is 0.414. The van der Waals surface area contributed by atoms with Gasteiger partial charge in [-0.3, -0.25) is 0 Å². The molecule has 0 aromatic heterocycles. The fraction of sp³-hybridized carbons (Fsp3) is 0.217. The van der Waals surface area contributed by atoms with E-state index >= 15 is 0 Å². The van der Waals surface area contributed by atoms with Crippen LogP contribution in [0.3, 0.4) is 0 Å². The molecule has 0 N–H and O–H groups in total. The number of aryl methyl sites for hydroxylation is 2. The van der Waals surface area contributed by atoms with E-state index in [0.29, 0.717) is 0 Å². The van der Waals surface area contributed by atoms with Gasteiger partial charge in [-0.1, -0.05) is 60.3 Å². The van der Waals surface area contributed by atoms with E-state index in [1.54, 1.807) is 28.4 Å². The Morgan fingerprint density at radius 1 is 0.377 bits per heavy atom. The van der Waals surface area contributed by atoms with Crippen molar-refractivity contribution in [1.82, 2.24) is 0 Å². The molecule has 4 nitrogen and oxygen atoms in total. The van der Waals surface area contributed by atoms with E-state index in [2.05, 4.69) is 109 Å². The van der Waals surface area contributed by atoms with Crippen LogP contribution < -0.4 is 18.9 Å². The van der Waals surface area contributed by atoms with Gasteiger partial charge in [0.2, 0.25) is 0 Å². The Labute approximate surface area is 327 Å². The van der Waals surface area contributed by atoms with Gasteiger partial charge in [-0.15, -0.1) is 23.5 Å². The Morgan fingerprint density at radius 2 is 0.717 bits per heavy atom. The molecule has 272 valence electrons. The van der Waals surface area contributed by atoms with E-state index in [-0.39, 0.29) is 0 Å². The Balaban J connectivity index is 1.10. The van der Waals surface area contributed by atoms with Crippen LogP contribution in [0.5, 0.6) is 23.0 Å². The Bertz CT molecular complexity index is 1880. The summed E-state index contributed by atoms with van der Waals surface area (Å²) in [5, 5.41) is 0. The fourth-order valence-corrected chi connectivity index (χ4v) is 8.80. The van der Waals surface area contributed by atoms with Gasteiger partial charge in [0.1, 0.15) is 23.0 Å². The molecule has 0 fully saturated rings. The van der Waals surface area contributed by atoms with E-state index in [1.807, 2.05) is 59.6 Å². The maximum absolute atomic E-state index is 5.67. The lowest BCUT2D eigenvalue weighted by atomic mass is 10.0. The van der Waals surface area contributed by atoms with Crippen LogP contribution in [0.25, 0.3) is 0 Å². The molecule has 0 unspecified atom stereocenters. The molecule has 0 aliphatic rings. The van der Waals surface area contributed by atoms with E-state index in [0.717, 1.165) is 60.2 Å². The molecule has 0 spiro atoms. The number of ether oxygens (including phenoxy) is 4. The molecule has 53 heavy (non-hydrogen) atoms. The van der Waals surface area contributed by atoms with Crippen molar-refractivity contribution >= 4 is 35.3 Å². The smallest absolute Gasteiger partial charge is 0.119 e. The second-order valence-corrected chi connectivity index (χ2v) is 16.0. The summed E-state index contributed by atoms with van der Waals surface area (Å²) in [5.74, 6) is 5.58. The topological polar surface area (TPSA) is 36.9 Å². The first-order valence-corrected chi connectivity index (χ1v) is 20.5. The lowest BCUT2D eigenvalue weighted by Crippen LogP contribution is -1.97. The molecule has 0 bridgehead atoms. The van der Waals surface area contributed by atoms with E-state index in [9.17, 15) is 0 Å². The number of rotatable bonds is 18. The van der Waals surface area contributed by atoms with E-state index < -0.39 is 0 Å². The molecule has 0 radical (unpaired) electrons. The third-order valence-electron chi connectivity index (χ3n) is 9.03. The van der Waals surface area contributed by atoms with Crippen LogP contribution >= 0.6 is 35.3 Å². The van der Waals surface area contributed by atoms with Gasteiger partial charge < -0.3 is 18.9 Å². The first-order valence-electron chi connectivity index (χ1n) is 17.7. The molecule has 0 atom stereocenters. The molecule has 6 aromatic carbocycles. The summed E-state index contributed by atoms with van der Waals surface area (Å²) in [4.78, 5) is 4.97. The van der Waals surface area contributed by atoms with Crippen LogP contribution in [0.15, 0.2) is 153 Å². The van der Waals surface area contributed by atoms with E-state index in [4.69, 9.17) is 18.9 Å². The van der Waals surface area contributed by atoms with Gasteiger partial charge in [0, 0.05) is 31.1 Å². The minimum atomic E-state index is 0.824. The highest BCUT2D eigenvalue weighted by Crippen LogP contribution is 2.38. The van der Waals surface area contributed by atoms with Crippen LogP contribution in [0.1, 0.15) is 33.4 Å². The Hall–Kier alpha value is -4.43. The van der Waals surface area contributed by atoms with Gasteiger partial charge in [-0.2, -0.15) is 0 Å². The molecular formula is C46H46O4S3. The number of benzene rings is 6. The molecule has 0 heterocycles. The van der Waals surface area contributed by atoms with Gasteiger partial charge in [0.05, 0.1) is 28.4 Å². The summed E-state index contributed by atoms with van der Waals surface area (Å²) in [7, 11) is 6.87. The largest absolute Gasteiger partial charge is 0.497 e.